The molecule has 1 aromatic rings. The van der Waals surface area contributed by atoms with Crippen molar-refractivity contribution in [3.8, 4) is 0 Å². The van der Waals surface area contributed by atoms with Crippen LogP contribution in [0.4, 0.5) is 0 Å². The largest absolute Gasteiger partial charge is 0.382 e. The molecule has 0 aliphatic heterocycles. The summed E-state index contributed by atoms with van der Waals surface area (Å²) in [5.41, 5.74) is 1.09. The molecular weight excluding hydrogens is 236 g/mol. The Bertz CT molecular complexity index is 315. The Morgan fingerprint density at radius 1 is 1.65 bits per heavy atom. The Morgan fingerprint density at radius 2 is 2.47 bits per heavy atom. The van der Waals surface area contributed by atoms with Crippen molar-refractivity contribution in [1.29, 1.82) is 0 Å². The van der Waals surface area contributed by atoms with Gasteiger partial charge < -0.3 is 15.4 Å². The molecule has 5 nitrogen and oxygen atoms in total. The van der Waals surface area contributed by atoms with Crippen LogP contribution in [0.25, 0.3) is 0 Å². The van der Waals surface area contributed by atoms with Crippen molar-refractivity contribution in [2.24, 2.45) is 0 Å². The molecule has 3 N–H and O–H groups in total. The third-order valence-corrected chi connectivity index (χ3v) is 2.58. The van der Waals surface area contributed by atoms with E-state index in [-0.39, 0.29) is 6.04 Å². The van der Waals surface area contributed by atoms with Gasteiger partial charge in [-0.15, -0.1) is 0 Å². The van der Waals surface area contributed by atoms with Crippen molar-refractivity contribution in [2.75, 3.05) is 19.8 Å². The zero-order valence-corrected chi connectivity index (χ0v) is 11.1. The van der Waals surface area contributed by atoms with Gasteiger partial charge in [0.15, 0.2) is 5.11 Å². The topological polar surface area (TPSA) is 62.0 Å². The number of aromatic nitrogens is 2. The maximum atomic E-state index is 5.24. The zero-order chi connectivity index (χ0) is 12.5. The molecule has 0 aliphatic carbocycles. The lowest BCUT2D eigenvalue weighted by atomic mass is 10.2. The van der Waals surface area contributed by atoms with Gasteiger partial charge in [0.25, 0.3) is 0 Å². The number of nitrogens with one attached hydrogen (secondary N) is 3. The van der Waals surface area contributed by atoms with Crippen LogP contribution in [-0.4, -0.2) is 35.1 Å². The Balaban J connectivity index is 2.12. The van der Waals surface area contributed by atoms with Gasteiger partial charge in [-0.3, -0.25) is 5.10 Å². The fourth-order valence-electron chi connectivity index (χ4n) is 1.35. The van der Waals surface area contributed by atoms with Gasteiger partial charge in [-0.25, -0.2) is 0 Å². The van der Waals surface area contributed by atoms with Gasteiger partial charge >= 0.3 is 0 Å². The number of H-pyrrole nitrogens is 1. The van der Waals surface area contributed by atoms with Crippen LogP contribution in [0.5, 0.6) is 0 Å². The lowest BCUT2D eigenvalue weighted by Crippen LogP contribution is -2.37. The van der Waals surface area contributed by atoms with Crippen molar-refractivity contribution in [1.82, 2.24) is 20.8 Å². The summed E-state index contributed by atoms with van der Waals surface area (Å²) < 4.78 is 5.24. The van der Waals surface area contributed by atoms with Crippen LogP contribution >= 0.6 is 12.2 Å². The van der Waals surface area contributed by atoms with Crippen LogP contribution in [0.15, 0.2) is 12.4 Å². The number of ether oxygens (including phenoxy) is 1. The molecule has 0 amide bonds. The predicted molar refractivity (Wildman–Crippen MR) is 71.8 cm³/mol. The monoisotopic (exact) mass is 256 g/mol. The van der Waals surface area contributed by atoms with Crippen molar-refractivity contribution in [3.63, 3.8) is 0 Å². The maximum Gasteiger partial charge on any atom is 0.166 e. The summed E-state index contributed by atoms with van der Waals surface area (Å²) >= 11 is 5.19. The molecule has 0 fully saturated rings. The molecule has 6 heteroatoms. The fraction of sp³-hybridized carbons (Fsp3) is 0.636. The van der Waals surface area contributed by atoms with Crippen LogP contribution in [0.2, 0.25) is 0 Å². The first kappa shape index (κ1) is 13.9. The average Bonchev–Trinajstić information content (AvgIpc) is 2.82. The highest BCUT2D eigenvalue weighted by molar-refractivity contribution is 7.80. The zero-order valence-electron chi connectivity index (χ0n) is 10.3. The van der Waals surface area contributed by atoms with Gasteiger partial charge in [-0.1, -0.05) is 0 Å². The van der Waals surface area contributed by atoms with Crippen molar-refractivity contribution in [3.05, 3.63) is 18.0 Å². The number of hydrogen-bond donors (Lipinski definition) is 3. The second-order valence-corrected chi connectivity index (χ2v) is 4.11. The molecule has 1 unspecified atom stereocenters. The fourth-order valence-corrected chi connectivity index (χ4v) is 1.63. The van der Waals surface area contributed by atoms with E-state index in [4.69, 9.17) is 17.0 Å². The smallest absolute Gasteiger partial charge is 0.166 e. The molecule has 0 radical (unpaired) electrons. The molecule has 1 atom stereocenters. The second-order valence-electron chi connectivity index (χ2n) is 3.70. The lowest BCUT2D eigenvalue weighted by molar-refractivity contribution is 0.145. The molecule has 96 valence electrons. The van der Waals surface area contributed by atoms with Crippen LogP contribution < -0.4 is 10.6 Å². The Morgan fingerprint density at radius 3 is 3.12 bits per heavy atom. The van der Waals surface area contributed by atoms with Gasteiger partial charge in [0.05, 0.1) is 12.2 Å². The maximum absolute atomic E-state index is 5.24. The number of thiocarbonyl (C=S) groups is 1. The highest BCUT2D eigenvalue weighted by Crippen LogP contribution is 2.08. The first-order valence-corrected chi connectivity index (χ1v) is 6.25. The number of aromatic amines is 1. The van der Waals surface area contributed by atoms with Gasteiger partial charge in [0.1, 0.15) is 0 Å². The number of hydrogen-bond acceptors (Lipinski definition) is 3. The van der Waals surface area contributed by atoms with Crippen LogP contribution in [0.1, 0.15) is 31.9 Å². The van der Waals surface area contributed by atoms with E-state index in [1.54, 1.807) is 6.20 Å². The quantitative estimate of drug-likeness (QED) is 0.508. The standard InChI is InChI=1S/C11H20N4OS/c1-3-16-6-4-5-12-11(17)15-9(2)10-7-13-14-8-10/h7-9H,3-6H2,1-2H3,(H,13,14)(H2,12,15,17). The molecule has 1 rings (SSSR count). The van der Waals surface area contributed by atoms with Gasteiger partial charge in [0.2, 0.25) is 0 Å². The van der Waals surface area contributed by atoms with Crippen molar-refractivity contribution < 1.29 is 4.74 Å². The normalized spacial score (nSPS) is 12.1. The molecule has 0 saturated carbocycles. The highest BCUT2D eigenvalue weighted by atomic mass is 32.1. The summed E-state index contributed by atoms with van der Waals surface area (Å²) in [4.78, 5) is 0. The minimum atomic E-state index is 0.153. The molecule has 0 spiro atoms. The van der Waals surface area contributed by atoms with E-state index in [0.717, 1.165) is 31.7 Å². The highest BCUT2D eigenvalue weighted by Gasteiger charge is 2.06. The number of rotatable bonds is 7. The third-order valence-electron chi connectivity index (χ3n) is 2.32. The SMILES string of the molecule is CCOCCCNC(=S)NC(C)c1cn[nH]c1. The third kappa shape index (κ3) is 5.65. The van der Waals surface area contributed by atoms with E-state index in [2.05, 4.69) is 20.8 Å². The molecule has 0 aromatic carbocycles. The summed E-state index contributed by atoms with van der Waals surface area (Å²) in [5, 5.41) is 13.7. The molecule has 1 heterocycles. The molecule has 1 aromatic heterocycles. The molecule has 0 saturated heterocycles. The molecule has 17 heavy (non-hydrogen) atoms. The van der Waals surface area contributed by atoms with E-state index in [1.807, 2.05) is 20.0 Å². The van der Waals surface area contributed by atoms with Crippen molar-refractivity contribution in [2.45, 2.75) is 26.3 Å². The van der Waals surface area contributed by atoms with Gasteiger partial charge in [-0.05, 0) is 32.5 Å². The minimum absolute atomic E-state index is 0.153. The summed E-state index contributed by atoms with van der Waals surface area (Å²) in [7, 11) is 0. The lowest BCUT2D eigenvalue weighted by Gasteiger charge is -2.15. The first-order valence-electron chi connectivity index (χ1n) is 5.84. The summed E-state index contributed by atoms with van der Waals surface area (Å²) in [6.45, 7) is 6.39. The van der Waals surface area contributed by atoms with Crippen LogP contribution in [-0.2, 0) is 4.74 Å². The summed E-state index contributed by atoms with van der Waals surface area (Å²) in [6.07, 6.45) is 4.60. The van der Waals surface area contributed by atoms with E-state index >= 15 is 0 Å². The van der Waals surface area contributed by atoms with E-state index < -0.39 is 0 Å². The predicted octanol–water partition coefficient (Wildman–Crippen LogP) is 1.36. The second kappa shape index (κ2) is 8.03. The van der Waals surface area contributed by atoms with Gasteiger partial charge in [-0.2, -0.15) is 5.10 Å². The minimum Gasteiger partial charge on any atom is -0.382 e. The average molecular weight is 256 g/mol. The Kier molecular flexibility index (Phi) is 6.57. The number of nitrogens with zero attached hydrogens (tertiary/aromatic N) is 1. The summed E-state index contributed by atoms with van der Waals surface area (Å²) in [6, 6.07) is 0.153. The Labute approximate surface area is 107 Å². The molecule has 0 aliphatic rings. The summed E-state index contributed by atoms with van der Waals surface area (Å²) in [5.74, 6) is 0. The van der Waals surface area contributed by atoms with E-state index in [9.17, 15) is 0 Å². The molecule has 0 bridgehead atoms. The molecular formula is C11H20N4OS. The Hall–Kier alpha value is -1.14. The van der Waals surface area contributed by atoms with Crippen LogP contribution in [0, 0.1) is 0 Å². The van der Waals surface area contributed by atoms with Gasteiger partial charge in [0, 0.05) is 31.5 Å². The first-order chi connectivity index (χ1) is 8.24. The van der Waals surface area contributed by atoms with Crippen LogP contribution in [0.3, 0.4) is 0 Å². The van der Waals surface area contributed by atoms with Crippen molar-refractivity contribution >= 4 is 17.3 Å². The van der Waals surface area contributed by atoms with E-state index in [1.165, 1.54) is 0 Å². The van der Waals surface area contributed by atoms with E-state index in [0.29, 0.717) is 5.11 Å².